The van der Waals surface area contributed by atoms with Gasteiger partial charge in [0.15, 0.2) is 0 Å². The summed E-state index contributed by atoms with van der Waals surface area (Å²) in [5.74, 6) is 5.88. The number of nitrogens with two attached hydrogens (primary N) is 1. The molecule has 3 aromatic rings. The average molecular weight is 385 g/mol. The first-order valence-corrected chi connectivity index (χ1v) is 10.5. The molecule has 0 radical (unpaired) electrons. The van der Waals surface area contributed by atoms with Crippen LogP contribution in [-0.2, 0) is 6.54 Å². The van der Waals surface area contributed by atoms with Crippen molar-refractivity contribution in [3.63, 3.8) is 0 Å². The Morgan fingerprint density at radius 2 is 2.00 bits per heavy atom. The Balaban J connectivity index is 1.82. The number of nitrogens with one attached hydrogen (secondary N) is 1. The maximum absolute atomic E-state index is 5.42. The van der Waals surface area contributed by atoms with E-state index in [1.54, 1.807) is 23.3 Å². The van der Waals surface area contributed by atoms with Gasteiger partial charge < -0.3 is 9.73 Å². The first-order chi connectivity index (χ1) is 12.5. The third-order valence-corrected chi connectivity index (χ3v) is 6.29. The van der Waals surface area contributed by atoms with E-state index < -0.39 is 0 Å². The van der Waals surface area contributed by atoms with Crippen LogP contribution in [0.15, 0.2) is 49.0 Å². The molecule has 136 valence electrons. The number of nitrogens with zero attached hydrogens (tertiary/aromatic N) is 2. The van der Waals surface area contributed by atoms with Gasteiger partial charge in [0.05, 0.1) is 21.8 Å². The number of fused-ring (bicyclic) bond motifs is 1. The minimum atomic E-state index is 0.462. The van der Waals surface area contributed by atoms with Crippen LogP contribution in [0.1, 0.15) is 35.9 Å². The van der Waals surface area contributed by atoms with Gasteiger partial charge in [0.1, 0.15) is 0 Å². The zero-order valence-electron chi connectivity index (χ0n) is 15.3. The van der Waals surface area contributed by atoms with Gasteiger partial charge in [0, 0.05) is 23.6 Å². The molecular weight excluding hydrogens is 360 g/mol. The van der Waals surface area contributed by atoms with E-state index in [0.717, 1.165) is 23.3 Å². The maximum Gasteiger partial charge on any atom is 0.0963 e. The molecule has 0 atom stereocenters. The summed E-state index contributed by atoms with van der Waals surface area (Å²) < 4.78 is 3.53. The molecule has 1 aromatic heterocycles. The predicted molar refractivity (Wildman–Crippen MR) is 116 cm³/mol. The number of thiazole rings is 1. The van der Waals surface area contributed by atoms with Crippen LogP contribution in [0.25, 0.3) is 15.9 Å². The van der Waals surface area contributed by atoms with Crippen LogP contribution in [0.3, 0.4) is 0 Å². The van der Waals surface area contributed by atoms with E-state index >= 15 is 0 Å². The Morgan fingerprint density at radius 3 is 2.62 bits per heavy atom. The van der Waals surface area contributed by atoms with Crippen LogP contribution in [-0.4, -0.2) is 11.2 Å². The van der Waals surface area contributed by atoms with E-state index in [4.69, 9.17) is 10.8 Å². The molecule has 0 aliphatic carbocycles. The van der Waals surface area contributed by atoms with Crippen molar-refractivity contribution < 1.29 is 0 Å². The summed E-state index contributed by atoms with van der Waals surface area (Å²) in [5.41, 5.74) is 7.82. The maximum atomic E-state index is 5.42. The first-order valence-electron chi connectivity index (χ1n) is 8.48. The average Bonchev–Trinajstić information content (AvgIpc) is 3.09. The Kier molecular flexibility index (Phi) is 5.86. The molecule has 2 aromatic carbocycles. The molecule has 4 nitrogen and oxygen atoms in total. The van der Waals surface area contributed by atoms with Gasteiger partial charge in [-0.1, -0.05) is 56.6 Å². The molecule has 0 aliphatic rings. The number of hydrogen-bond acceptors (Lipinski definition) is 6. The van der Waals surface area contributed by atoms with E-state index in [1.807, 2.05) is 12.1 Å². The normalized spacial score (nSPS) is 11.1. The fraction of sp³-hybridized carbons (Fsp3) is 0.250. The van der Waals surface area contributed by atoms with Crippen LogP contribution in [0.5, 0.6) is 0 Å². The Bertz CT molecular complexity index is 900. The number of hydrazine groups is 1. The highest BCUT2D eigenvalue weighted by Crippen LogP contribution is 2.32. The molecule has 6 heteroatoms. The van der Waals surface area contributed by atoms with Crippen LogP contribution in [0.4, 0.5) is 5.69 Å². The van der Waals surface area contributed by atoms with Gasteiger partial charge in [0.2, 0.25) is 0 Å². The van der Waals surface area contributed by atoms with E-state index in [2.05, 4.69) is 66.7 Å². The lowest BCUT2D eigenvalue weighted by molar-refractivity contribution is 0.857. The second-order valence-electron chi connectivity index (χ2n) is 6.40. The molecule has 0 saturated heterocycles. The molecule has 26 heavy (non-hydrogen) atoms. The molecule has 3 N–H and O–H groups in total. The van der Waals surface area contributed by atoms with Crippen molar-refractivity contribution in [3.8, 4) is 0 Å². The molecule has 0 amide bonds. The largest absolute Gasteiger partial charge is 0.324 e. The fourth-order valence-electron chi connectivity index (χ4n) is 2.65. The molecule has 0 aliphatic heterocycles. The number of rotatable bonds is 7. The quantitative estimate of drug-likeness (QED) is 0.336. The highest BCUT2D eigenvalue weighted by molar-refractivity contribution is 7.99. The molecule has 3 rings (SSSR count). The van der Waals surface area contributed by atoms with Crippen LogP contribution in [0, 0.1) is 0 Å². The van der Waals surface area contributed by atoms with Crippen molar-refractivity contribution in [2.45, 2.75) is 26.3 Å². The SMILES string of the molecule is C=C(NN)c1ccc(CN(SC)c2ccc3nc(C(C)C)sc3c2)cc1. The lowest BCUT2D eigenvalue weighted by atomic mass is 10.1. The van der Waals surface area contributed by atoms with E-state index in [1.165, 1.54) is 21.0 Å². The number of aromatic nitrogens is 1. The van der Waals surface area contributed by atoms with Crippen molar-refractivity contribution in [1.82, 2.24) is 10.4 Å². The summed E-state index contributed by atoms with van der Waals surface area (Å²) in [4.78, 5) is 4.73. The highest BCUT2D eigenvalue weighted by atomic mass is 32.2. The second kappa shape index (κ2) is 8.12. The van der Waals surface area contributed by atoms with Crippen LogP contribution >= 0.6 is 23.3 Å². The molecule has 1 heterocycles. The summed E-state index contributed by atoms with van der Waals surface area (Å²) in [6.45, 7) is 9.08. The lowest BCUT2D eigenvalue weighted by Gasteiger charge is -2.22. The third-order valence-electron chi connectivity index (χ3n) is 4.19. The second-order valence-corrected chi connectivity index (χ2v) is 8.27. The predicted octanol–water partition coefficient (Wildman–Crippen LogP) is 5.14. The topological polar surface area (TPSA) is 54.2 Å². The minimum absolute atomic E-state index is 0.462. The summed E-state index contributed by atoms with van der Waals surface area (Å²) in [6.07, 6.45) is 2.10. The molecule has 0 fully saturated rings. The molecule has 0 spiro atoms. The van der Waals surface area contributed by atoms with Gasteiger partial charge >= 0.3 is 0 Å². The molecular formula is C20H24N4S2. The Hall–Kier alpha value is -2.02. The van der Waals surface area contributed by atoms with Crippen molar-refractivity contribution in [2.75, 3.05) is 10.6 Å². The van der Waals surface area contributed by atoms with E-state index in [9.17, 15) is 0 Å². The van der Waals surface area contributed by atoms with Crippen molar-refractivity contribution >= 4 is 44.9 Å². The smallest absolute Gasteiger partial charge is 0.0963 e. The monoisotopic (exact) mass is 384 g/mol. The fourth-order valence-corrected chi connectivity index (χ4v) is 4.26. The van der Waals surface area contributed by atoms with Gasteiger partial charge in [-0.15, -0.1) is 11.3 Å². The summed E-state index contributed by atoms with van der Waals surface area (Å²) in [7, 11) is 0. The zero-order valence-corrected chi connectivity index (χ0v) is 17.0. The van der Waals surface area contributed by atoms with Gasteiger partial charge in [-0.25, -0.2) is 4.98 Å². The highest BCUT2D eigenvalue weighted by Gasteiger charge is 2.11. The summed E-state index contributed by atoms with van der Waals surface area (Å²) in [6, 6.07) is 14.8. The first kappa shape index (κ1) is 18.8. The Morgan fingerprint density at radius 1 is 1.27 bits per heavy atom. The zero-order chi connectivity index (χ0) is 18.7. The molecule has 0 unspecified atom stereocenters. The van der Waals surface area contributed by atoms with E-state index in [0.29, 0.717) is 5.92 Å². The molecule has 0 saturated carbocycles. The Labute approximate surface area is 163 Å². The number of hydrogen-bond donors (Lipinski definition) is 2. The summed E-state index contributed by atoms with van der Waals surface area (Å²) in [5, 5.41) is 1.19. The van der Waals surface area contributed by atoms with Gasteiger partial charge in [-0.2, -0.15) is 0 Å². The summed E-state index contributed by atoms with van der Waals surface area (Å²) >= 11 is 3.51. The van der Waals surface area contributed by atoms with Gasteiger partial charge in [-0.05, 0) is 29.3 Å². The third kappa shape index (κ3) is 4.03. The van der Waals surface area contributed by atoms with Crippen LogP contribution < -0.4 is 15.6 Å². The van der Waals surface area contributed by atoms with Crippen molar-refractivity contribution in [2.24, 2.45) is 5.84 Å². The number of benzene rings is 2. The van der Waals surface area contributed by atoms with Gasteiger partial charge in [0.25, 0.3) is 0 Å². The minimum Gasteiger partial charge on any atom is -0.324 e. The number of anilines is 1. The van der Waals surface area contributed by atoms with Crippen molar-refractivity contribution in [1.29, 1.82) is 0 Å². The standard InChI is InChI=1S/C20H24N4S2/c1-13(2)20-22-18-10-9-17(11-19(18)26-20)24(25-4)12-15-5-7-16(8-6-15)14(3)23-21/h5-11,13,23H,3,12,21H2,1-2,4H3. The van der Waals surface area contributed by atoms with Crippen LogP contribution in [0.2, 0.25) is 0 Å². The van der Waals surface area contributed by atoms with Crippen molar-refractivity contribution in [3.05, 3.63) is 65.2 Å². The van der Waals surface area contributed by atoms with Gasteiger partial charge in [-0.3, -0.25) is 5.84 Å². The lowest BCUT2D eigenvalue weighted by Crippen LogP contribution is -2.19. The van der Waals surface area contributed by atoms with E-state index in [-0.39, 0.29) is 0 Å². The molecule has 0 bridgehead atoms.